The van der Waals surface area contributed by atoms with Gasteiger partial charge in [-0.2, -0.15) is 0 Å². The van der Waals surface area contributed by atoms with Crippen LogP contribution in [0.5, 0.6) is 0 Å². The van der Waals surface area contributed by atoms with E-state index in [-0.39, 0.29) is 0 Å². The zero-order chi connectivity index (χ0) is 8.69. The summed E-state index contributed by atoms with van der Waals surface area (Å²) in [6.07, 6.45) is 4.99. The van der Waals surface area contributed by atoms with Crippen LogP contribution < -0.4 is 5.73 Å². The van der Waals surface area contributed by atoms with Crippen LogP contribution in [-0.4, -0.2) is 6.54 Å². The molecule has 0 aromatic heterocycles. The van der Waals surface area contributed by atoms with Gasteiger partial charge in [0.25, 0.3) is 0 Å². The third kappa shape index (κ3) is 4.20. The van der Waals surface area contributed by atoms with Crippen LogP contribution in [-0.2, 0) is 0 Å². The Morgan fingerprint density at radius 3 is 2.00 bits per heavy atom. The molecule has 0 saturated heterocycles. The molecule has 11 heavy (non-hydrogen) atoms. The SMILES string of the molecule is C=C(CN)C(CCC)CCC. The molecule has 0 saturated carbocycles. The van der Waals surface area contributed by atoms with Crippen molar-refractivity contribution in [3.8, 4) is 0 Å². The lowest BCUT2D eigenvalue weighted by Crippen LogP contribution is -2.12. The summed E-state index contributed by atoms with van der Waals surface area (Å²) >= 11 is 0. The third-order valence-corrected chi connectivity index (χ3v) is 2.11. The maximum atomic E-state index is 5.53. The highest BCUT2D eigenvalue weighted by molar-refractivity contribution is 5.01. The molecule has 2 N–H and O–H groups in total. The lowest BCUT2D eigenvalue weighted by molar-refractivity contribution is 0.499. The van der Waals surface area contributed by atoms with Crippen molar-refractivity contribution in [3.05, 3.63) is 12.2 Å². The van der Waals surface area contributed by atoms with Crippen LogP contribution in [0.4, 0.5) is 0 Å². The van der Waals surface area contributed by atoms with Gasteiger partial charge < -0.3 is 5.73 Å². The molecule has 0 aliphatic rings. The lowest BCUT2D eigenvalue weighted by Gasteiger charge is -2.16. The topological polar surface area (TPSA) is 26.0 Å². The van der Waals surface area contributed by atoms with E-state index in [1.165, 1.54) is 31.3 Å². The number of hydrogen-bond acceptors (Lipinski definition) is 1. The Labute approximate surface area is 70.7 Å². The van der Waals surface area contributed by atoms with Crippen LogP contribution in [0.3, 0.4) is 0 Å². The summed E-state index contributed by atoms with van der Waals surface area (Å²) in [6.45, 7) is 9.07. The summed E-state index contributed by atoms with van der Waals surface area (Å²) in [5.74, 6) is 0.676. The molecule has 0 spiro atoms. The van der Waals surface area contributed by atoms with Crippen molar-refractivity contribution in [1.82, 2.24) is 0 Å². The Morgan fingerprint density at radius 1 is 1.27 bits per heavy atom. The van der Waals surface area contributed by atoms with Crippen LogP contribution in [0.25, 0.3) is 0 Å². The molecule has 0 rings (SSSR count). The first-order valence-electron chi connectivity index (χ1n) is 4.63. The van der Waals surface area contributed by atoms with E-state index >= 15 is 0 Å². The Morgan fingerprint density at radius 2 is 1.73 bits per heavy atom. The minimum absolute atomic E-state index is 0.657. The highest BCUT2D eigenvalue weighted by Gasteiger charge is 2.08. The van der Waals surface area contributed by atoms with Crippen LogP contribution in [0.1, 0.15) is 39.5 Å². The average molecular weight is 155 g/mol. The van der Waals surface area contributed by atoms with E-state index in [9.17, 15) is 0 Å². The van der Waals surface area contributed by atoms with Crippen LogP contribution >= 0.6 is 0 Å². The number of nitrogens with two attached hydrogens (primary N) is 1. The van der Waals surface area contributed by atoms with E-state index in [1.807, 2.05) is 0 Å². The quantitative estimate of drug-likeness (QED) is 0.586. The van der Waals surface area contributed by atoms with Gasteiger partial charge in [0.2, 0.25) is 0 Å². The molecular formula is C10H21N. The molecule has 0 heterocycles. The van der Waals surface area contributed by atoms with Crippen molar-refractivity contribution in [2.24, 2.45) is 11.7 Å². The second-order valence-electron chi connectivity index (χ2n) is 3.14. The van der Waals surface area contributed by atoms with Gasteiger partial charge in [0, 0.05) is 6.54 Å². The Kier molecular flexibility index (Phi) is 6.24. The Hall–Kier alpha value is -0.300. The average Bonchev–Trinajstić information content (AvgIpc) is 2.03. The molecule has 0 aliphatic heterocycles. The zero-order valence-corrected chi connectivity index (χ0v) is 7.90. The summed E-state index contributed by atoms with van der Waals surface area (Å²) in [4.78, 5) is 0. The van der Waals surface area contributed by atoms with E-state index in [2.05, 4.69) is 20.4 Å². The monoisotopic (exact) mass is 155 g/mol. The molecule has 0 aromatic rings. The minimum atomic E-state index is 0.657. The number of rotatable bonds is 6. The fourth-order valence-corrected chi connectivity index (χ4v) is 1.42. The van der Waals surface area contributed by atoms with Gasteiger partial charge in [0.15, 0.2) is 0 Å². The summed E-state index contributed by atoms with van der Waals surface area (Å²) in [6, 6.07) is 0. The largest absolute Gasteiger partial charge is 0.327 e. The normalized spacial score (nSPS) is 10.5. The molecule has 0 amide bonds. The predicted octanol–water partition coefficient (Wildman–Crippen LogP) is 2.72. The third-order valence-electron chi connectivity index (χ3n) is 2.11. The predicted molar refractivity (Wildman–Crippen MR) is 51.5 cm³/mol. The Balaban J connectivity index is 3.76. The lowest BCUT2D eigenvalue weighted by atomic mass is 9.91. The molecule has 0 atom stereocenters. The van der Waals surface area contributed by atoms with Gasteiger partial charge in [0.05, 0.1) is 0 Å². The molecule has 1 heteroatoms. The molecule has 0 radical (unpaired) electrons. The second-order valence-corrected chi connectivity index (χ2v) is 3.14. The van der Waals surface area contributed by atoms with Gasteiger partial charge in [-0.3, -0.25) is 0 Å². The van der Waals surface area contributed by atoms with E-state index < -0.39 is 0 Å². The van der Waals surface area contributed by atoms with E-state index in [0.29, 0.717) is 12.5 Å². The van der Waals surface area contributed by atoms with Gasteiger partial charge in [-0.15, -0.1) is 0 Å². The highest BCUT2D eigenvalue weighted by atomic mass is 14.5. The Bertz CT molecular complexity index is 101. The standard InChI is InChI=1S/C10H21N/c1-4-6-10(7-5-2)9(3)8-11/h10H,3-8,11H2,1-2H3. The van der Waals surface area contributed by atoms with Crippen molar-refractivity contribution >= 4 is 0 Å². The van der Waals surface area contributed by atoms with E-state index in [0.717, 1.165) is 0 Å². The fourth-order valence-electron chi connectivity index (χ4n) is 1.42. The van der Waals surface area contributed by atoms with Crippen LogP contribution in [0.15, 0.2) is 12.2 Å². The van der Waals surface area contributed by atoms with Crippen LogP contribution in [0, 0.1) is 5.92 Å². The zero-order valence-electron chi connectivity index (χ0n) is 7.90. The minimum Gasteiger partial charge on any atom is -0.327 e. The number of hydrogen-bond donors (Lipinski definition) is 1. The van der Waals surface area contributed by atoms with Gasteiger partial charge >= 0.3 is 0 Å². The first kappa shape index (κ1) is 10.7. The van der Waals surface area contributed by atoms with Gasteiger partial charge in [-0.05, 0) is 18.8 Å². The first-order valence-corrected chi connectivity index (χ1v) is 4.63. The second kappa shape index (κ2) is 6.41. The molecule has 0 aromatic carbocycles. The maximum Gasteiger partial charge on any atom is 0.0136 e. The van der Waals surface area contributed by atoms with Gasteiger partial charge in [0.1, 0.15) is 0 Å². The summed E-state index contributed by atoms with van der Waals surface area (Å²) in [5, 5.41) is 0. The fraction of sp³-hybridized carbons (Fsp3) is 0.800. The molecule has 0 unspecified atom stereocenters. The molecular weight excluding hydrogens is 134 g/mol. The van der Waals surface area contributed by atoms with Gasteiger partial charge in [-0.1, -0.05) is 38.8 Å². The summed E-state index contributed by atoms with van der Waals surface area (Å²) in [5.41, 5.74) is 6.76. The molecule has 0 aliphatic carbocycles. The first-order chi connectivity index (χ1) is 5.26. The van der Waals surface area contributed by atoms with Crippen molar-refractivity contribution in [2.45, 2.75) is 39.5 Å². The molecule has 1 nitrogen and oxygen atoms in total. The van der Waals surface area contributed by atoms with Crippen molar-refractivity contribution in [2.75, 3.05) is 6.54 Å². The van der Waals surface area contributed by atoms with Crippen molar-refractivity contribution in [3.63, 3.8) is 0 Å². The summed E-state index contributed by atoms with van der Waals surface area (Å²) < 4.78 is 0. The molecule has 0 bridgehead atoms. The van der Waals surface area contributed by atoms with Crippen LogP contribution in [0.2, 0.25) is 0 Å². The van der Waals surface area contributed by atoms with Gasteiger partial charge in [-0.25, -0.2) is 0 Å². The van der Waals surface area contributed by atoms with E-state index in [4.69, 9.17) is 5.73 Å². The molecule has 66 valence electrons. The molecule has 0 fully saturated rings. The smallest absolute Gasteiger partial charge is 0.0136 e. The van der Waals surface area contributed by atoms with Crippen molar-refractivity contribution < 1.29 is 0 Å². The van der Waals surface area contributed by atoms with Crippen molar-refractivity contribution in [1.29, 1.82) is 0 Å². The highest BCUT2D eigenvalue weighted by Crippen LogP contribution is 2.19. The maximum absolute atomic E-state index is 5.53. The summed E-state index contributed by atoms with van der Waals surface area (Å²) in [7, 11) is 0. The van der Waals surface area contributed by atoms with E-state index in [1.54, 1.807) is 0 Å².